The quantitative estimate of drug-likeness (QED) is 0.305. The first-order valence-electron chi connectivity index (χ1n) is 5.55. The van der Waals surface area contributed by atoms with Crippen molar-refractivity contribution in [3.8, 4) is 5.75 Å². The molecule has 5 N–H and O–H groups in total. The van der Waals surface area contributed by atoms with Crippen LogP contribution in [0.25, 0.3) is 0 Å². The lowest BCUT2D eigenvalue weighted by Crippen LogP contribution is -2.37. The zero-order valence-corrected chi connectivity index (χ0v) is 12.3. The van der Waals surface area contributed by atoms with Gasteiger partial charge in [-0.05, 0) is 24.1 Å². The molecule has 0 spiro atoms. The van der Waals surface area contributed by atoms with Gasteiger partial charge in [-0.25, -0.2) is 0 Å². The molecule has 0 saturated heterocycles. The second-order valence-electron chi connectivity index (χ2n) is 4.20. The Hall–Kier alpha value is -0.900. The second kappa shape index (κ2) is 7.04. The summed E-state index contributed by atoms with van der Waals surface area (Å²) in [6.45, 7) is -0.232. The van der Waals surface area contributed by atoms with Crippen molar-refractivity contribution in [1.29, 1.82) is 0 Å². The fourth-order valence-corrected chi connectivity index (χ4v) is 1.52. The average Bonchev–Trinajstić information content (AvgIpc) is 2.38. The van der Waals surface area contributed by atoms with E-state index in [1.165, 1.54) is 0 Å². The lowest BCUT2D eigenvalue weighted by molar-refractivity contribution is -0.159. The van der Waals surface area contributed by atoms with Crippen molar-refractivity contribution in [2.75, 3.05) is 11.0 Å². The van der Waals surface area contributed by atoms with Crippen LogP contribution in [0.4, 0.5) is 0 Å². The number of alkyl halides is 1. The van der Waals surface area contributed by atoms with Gasteiger partial charge in [0.1, 0.15) is 18.4 Å². The van der Waals surface area contributed by atoms with Crippen molar-refractivity contribution in [2.45, 2.75) is 18.2 Å². The van der Waals surface area contributed by atoms with E-state index >= 15 is 0 Å². The van der Waals surface area contributed by atoms with E-state index in [2.05, 4.69) is 0 Å². The summed E-state index contributed by atoms with van der Waals surface area (Å²) in [5.74, 6) is -2.43. The fraction of sp³-hybridized carbons (Fsp3) is 0.417. The van der Waals surface area contributed by atoms with Crippen LogP contribution < -0.4 is 10.5 Å². The van der Waals surface area contributed by atoms with E-state index in [4.69, 9.17) is 15.6 Å². The molecule has 0 amide bonds. The Morgan fingerprint density at radius 1 is 1.37 bits per heavy atom. The van der Waals surface area contributed by atoms with E-state index in [1.807, 2.05) is 22.6 Å². The van der Waals surface area contributed by atoms with Crippen LogP contribution in [0, 0.1) is 0 Å². The van der Waals surface area contributed by atoms with Gasteiger partial charge in [0.05, 0.1) is 4.43 Å². The van der Waals surface area contributed by atoms with Crippen molar-refractivity contribution >= 4 is 28.6 Å². The van der Waals surface area contributed by atoms with Crippen LogP contribution in [-0.2, 0) is 11.2 Å². The van der Waals surface area contributed by atoms with Crippen molar-refractivity contribution in [1.82, 2.24) is 0 Å². The van der Waals surface area contributed by atoms with Gasteiger partial charge in [-0.3, -0.25) is 4.79 Å². The van der Waals surface area contributed by atoms with Gasteiger partial charge in [0, 0.05) is 0 Å². The Morgan fingerprint density at radius 2 is 1.95 bits per heavy atom. The predicted molar refractivity (Wildman–Crippen MR) is 77.3 cm³/mol. The molecule has 0 radical (unpaired) electrons. The molecule has 19 heavy (non-hydrogen) atoms. The summed E-state index contributed by atoms with van der Waals surface area (Å²) in [5, 5.41) is 27.4. The summed E-state index contributed by atoms with van der Waals surface area (Å²) in [7, 11) is 0. The lowest BCUT2D eigenvalue weighted by Gasteiger charge is -2.19. The molecule has 1 aromatic rings. The van der Waals surface area contributed by atoms with Crippen LogP contribution >= 0.6 is 22.6 Å². The first-order chi connectivity index (χ1) is 8.84. The molecule has 0 fully saturated rings. The third-order valence-corrected chi connectivity index (χ3v) is 3.60. The highest BCUT2D eigenvalue weighted by atomic mass is 125. The van der Waals surface area contributed by atoms with Crippen molar-refractivity contribution in [2.24, 2.45) is 5.73 Å². The van der Waals surface area contributed by atoms with Gasteiger partial charge in [-0.15, -0.1) is 0 Å². The summed E-state index contributed by atoms with van der Waals surface area (Å²) in [5.41, 5.74) is 6.20. The molecular formula is C12H16INO5. The van der Waals surface area contributed by atoms with Crippen LogP contribution in [0.15, 0.2) is 24.3 Å². The maximum atomic E-state index is 10.6. The third-order valence-electron chi connectivity index (χ3n) is 2.38. The SMILES string of the molecule is N[C@@H](Cc1ccc(OCC(O)(O)C[125I])cc1)C(=O)O. The van der Waals surface area contributed by atoms with Gasteiger partial charge < -0.3 is 25.8 Å². The number of ether oxygens (including phenoxy) is 1. The summed E-state index contributed by atoms with van der Waals surface area (Å²) in [6.07, 6.45) is 0.229. The minimum atomic E-state index is -1.86. The number of carboxylic acids is 1. The number of carbonyl (C=O) groups is 1. The molecule has 7 heteroatoms. The van der Waals surface area contributed by atoms with E-state index in [1.54, 1.807) is 24.3 Å². The van der Waals surface area contributed by atoms with Gasteiger partial charge in [0.25, 0.3) is 0 Å². The highest BCUT2D eigenvalue weighted by Crippen LogP contribution is 2.15. The maximum Gasteiger partial charge on any atom is 0.320 e. The monoisotopic (exact) mass is 379 g/mol. The Labute approximate surface area is 124 Å². The summed E-state index contributed by atoms with van der Waals surface area (Å²) < 4.78 is 5.35. The standard InChI is InChI=1S/C12H16INO5/c13-6-12(17,18)7-19-9-3-1-8(2-4-9)5-10(14)11(15)16/h1-4,10,17-18H,5-7,14H2,(H,15,16)/t10-/m0/s1/i13-2. The number of nitrogens with two attached hydrogens (primary N) is 1. The molecule has 1 atom stereocenters. The molecule has 1 rings (SSSR count). The molecule has 0 unspecified atom stereocenters. The summed E-state index contributed by atoms with van der Waals surface area (Å²) in [6, 6.07) is 5.71. The Bertz CT molecular complexity index is 421. The number of benzene rings is 1. The Morgan fingerprint density at radius 3 is 2.42 bits per heavy atom. The molecule has 0 aliphatic carbocycles. The smallest absolute Gasteiger partial charge is 0.320 e. The van der Waals surface area contributed by atoms with E-state index in [0.29, 0.717) is 5.75 Å². The first kappa shape index (κ1) is 16.2. The lowest BCUT2D eigenvalue weighted by atomic mass is 10.1. The van der Waals surface area contributed by atoms with Gasteiger partial charge in [-0.1, -0.05) is 34.7 Å². The molecule has 0 aliphatic rings. The van der Waals surface area contributed by atoms with E-state index in [-0.39, 0.29) is 17.5 Å². The maximum absolute atomic E-state index is 10.6. The van der Waals surface area contributed by atoms with Crippen LogP contribution in [0.5, 0.6) is 5.75 Å². The molecule has 0 aromatic heterocycles. The number of aliphatic hydroxyl groups is 2. The van der Waals surface area contributed by atoms with E-state index in [0.717, 1.165) is 5.56 Å². The topological polar surface area (TPSA) is 113 Å². The number of rotatable bonds is 7. The van der Waals surface area contributed by atoms with E-state index in [9.17, 15) is 15.0 Å². The molecule has 0 saturated carbocycles. The predicted octanol–water partition coefficient (Wildman–Crippen LogP) is 0.136. The van der Waals surface area contributed by atoms with Crippen LogP contribution in [0.1, 0.15) is 5.56 Å². The zero-order chi connectivity index (χ0) is 14.5. The highest BCUT2D eigenvalue weighted by molar-refractivity contribution is 14.1. The molecular weight excluding hydrogens is 363 g/mol. The Balaban J connectivity index is 2.55. The van der Waals surface area contributed by atoms with Crippen LogP contribution in [0.3, 0.4) is 0 Å². The van der Waals surface area contributed by atoms with Crippen molar-refractivity contribution in [3.05, 3.63) is 29.8 Å². The third kappa shape index (κ3) is 5.72. The van der Waals surface area contributed by atoms with Gasteiger partial charge in [-0.2, -0.15) is 0 Å². The van der Waals surface area contributed by atoms with Crippen molar-refractivity contribution in [3.63, 3.8) is 0 Å². The Kier molecular flexibility index (Phi) is 5.98. The largest absolute Gasteiger partial charge is 0.488 e. The molecule has 106 valence electrons. The number of hydrogen-bond donors (Lipinski definition) is 4. The molecule has 1 aromatic carbocycles. The number of halogens is 1. The molecule has 0 aliphatic heterocycles. The fourth-order valence-electron chi connectivity index (χ4n) is 1.30. The van der Waals surface area contributed by atoms with Gasteiger partial charge >= 0.3 is 5.97 Å². The minimum Gasteiger partial charge on any atom is -0.488 e. The highest BCUT2D eigenvalue weighted by Gasteiger charge is 2.22. The normalized spacial score (nSPS) is 13.1. The van der Waals surface area contributed by atoms with Crippen molar-refractivity contribution < 1.29 is 24.9 Å². The number of carboxylic acid groups (broad SMARTS) is 1. The molecule has 0 heterocycles. The van der Waals surface area contributed by atoms with E-state index < -0.39 is 17.8 Å². The van der Waals surface area contributed by atoms with Gasteiger partial charge in [0.2, 0.25) is 5.79 Å². The average molecular weight is 379 g/mol. The summed E-state index contributed by atoms with van der Waals surface area (Å²) in [4.78, 5) is 10.6. The second-order valence-corrected chi connectivity index (χ2v) is 4.96. The first-order valence-corrected chi connectivity index (χ1v) is 7.07. The minimum absolute atomic E-state index is 0.135. The van der Waals surface area contributed by atoms with Crippen LogP contribution in [-0.4, -0.2) is 44.2 Å². The molecule has 6 nitrogen and oxygen atoms in total. The summed E-state index contributed by atoms with van der Waals surface area (Å²) >= 11 is 1.85. The van der Waals surface area contributed by atoms with Gasteiger partial charge in [0.15, 0.2) is 0 Å². The van der Waals surface area contributed by atoms with Crippen LogP contribution in [0.2, 0.25) is 0 Å². The zero-order valence-electron chi connectivity index (χ0n) is 10.1. The number of hydrogen-bond acceptors (Lipinski definition) is 5. The number of aliphatic carboxylic acids is 1. The molecule has 0 bridgehead atoms.